The molecule has 0 rings (SSSR count). The average molecular weight is 113 g/mol. The fourth-order valence-electron chi connectivity index (χ4n) is 0.326. The summed E-state index contributed by atoms with van der Waals surface area (Å²) >= 11 is 0. The molecule has 0 aromatic heterocycles. The molecule has 2 heteroatoms. The van der Waals surface area contributed by atoms with Gasteiger partial charge < -0.3 is 4.84 Å². The van der Waals surface area contributed by atoms with Crippen molar-refractivity contribution in [3.8, 4) is 0 Å². The third-order valence-electron chi connectivity index (χ3n) is 0.683. The van der Waals surface area contributed by atoms with Crippen LogP contribution in [0.2, 0.25) is 0 Å². The van der Waals surface area contributed by atoms with E-state index in [1.165, 1.54) is 6.26 Å². The summed E-state index contributed by atoms with van der Waals surface area (Å²) in [6.45, 7) is 1.97. The van der Waals surface area contributed by atoms with Gasteiger partial charge in [0.15, 0.2) is 0 Å². The van der Waals surface area contributed by atoms with E-state index in [2.05, 4.69) is 4.84 Å². The van der Waals surface area contributed by atoms with Crippen LogP contribution in [0.5, 0.6) is 0 Å². The van der Waals surface area contributed by atoms with E-state index in [-0.39, 0.29) is 0 Å². The third kappa shape index (κ3) is 5.24. The fraction of sp³-hybridized carbons (Fsp3) is 0.333. The second-order valence-electron chi connectivity index (χ2n) is 1.31. The summed E-state index contributed by atoms with van der Waals surface area (Å²) in [7, 11) is 0. The number of nitrogens with two attached hydrogens (primary N) is 1. The Morgan fingerprint density at radius 1 is 1.50 bits per heavy atom. The first-order valence-electron chi connectivity index (χ1n) is 2.53. The van der Waals surface area contributed by atoms with Gasteiger partial charge in [0.1, 0.15) is 6.26 Å². The number of hydrogen-bond acceptors (Lipinski definition) is 2. The van der Waals surface area contributed by atoms with Crippen LogP contribution in [0.15, 0.2) is 24.5 Å². The first-order chi connectivity index (χ1) is 3.91. The predicted octanol–water partition coefficient (Wildman–Crippen LogP) is 1.36. The van der Waals surface area contributed by atoms with Crippen LogP contribution in [0.3, 0.4) is 0 Å². The topological polar surface area (TPSA) is 35.2 Å². The lowest BCUT2D eigenvalue weighted by atomic mass is 10.4. The lowest BCUT2D eigenvalue weighted by Gasteiger charge is -1.81. The van der Waals surface area contributed by atoms with E-state index in [1.807, 2.05) is 25.2 Å². The minimum Gasteiger partial charge on any atom is -0.420 e. The zero-order valence-electron chi connectivity index (χ0n) is 5.00. The summed E-state index contributed by atoms with van der Waals surface area (Å²) in [6, 6.07) is 0. The molecule has 0 aliphatic carbocycles. The van der Waals surface area contributed by atoms with Crippen LogP contribution in [0.4, 0.5) is 0 Å². The molecular formula is C6H11NO. The Hall–Kier alpha value is -0.760. The van der Waals surface area contributed by atoms with E-state index in [4.69, 9.17) is 5.90 Å². The van der Waals surface area contributed by atoms with Gasteiger partial charge in [-0.2, -0.15) is 5.90 Å². The van der Waals surface area contributed by atoms with Crippen molar-refractivity contribution in [3.63, 3.8) is 0 Å². The van der Waals surface area contributed by atoms with Gasteiger partial charge in [-0.1, -0.05) is 12.2 Å². The van der Waals surface area contributed by atoms with Gasteiger partial charge in [-0.05, 0) is 19.4 Å². The van der Waals surface area contributed by atoms with Crippen molar-refractivity contribution in [1.82, 2.24) is 0 Å². The van der Waals surface area contributed by atoms with E-state index >= 15 is 0 Å². The fourth-order valence-corrected chi connectivity index (χ4v) is 0.326. The summed E-state index contributed by atoms with van der Waals surface area (Å²) < 4.78 is 0. The molecule has 46 valence electrons. The first-order valence-corrected chi connectivity index (χ1v) is 2.53. The van der Waals surface area contributed by atoms with Crippen LogP contribution in [0.25, 0.3) is 0 Å². The molecule has 2 nitrogen and oxygen atoms in total. The highest BCUT2D eigenvalue weighted by Crippen LogP contribution is 1.83. The Bertz CT molecular complexity index is 86.5. The van der Waals surface area contributed by atoms with Crippen molar-refractivity contribution in [3.05, 3.63) is 24.5 Å². The minimum atomic E-state index is 0.883. The maximum atomic E-state index is 4.70. The highest BCUT2D eigenvalue weighted by Gasteiger charge is 1.65. The molecule has 0 bridgehead atoms. The third-order valence-corrected chi connectivity index (χ3v) is 0.683. The Morgan fingerprint density at radius 3 is 2.75 bits per heavy atom. The normalized spacial score (nSPS) is 11.2. The second-order valence-corrected chi connectivity index (χ2v) is 1.31. The molecule has 0 radical (unpaired) electrons. The van der Waals surface area contributed by atoms with Crippen LogP contribution >= 0.6 is 0 Å². The van der Waals surface area contributed by atoms with Gasteiger partial charge in [-0.15, -0.1) is 0 Å². The summed E-state index contributed by atoms with van der Waals surface area (Å²) in [4.78, 5) is 4.17. The van der Waals surface area contributed by atoms with Crippen molar-refractivity contribution in [2.24, 2.45) is 5.90 Å². The highest BCUT2D eigenvalue weighted by atomic mass is 16.6. The van der Waals surface area contributed by atoms with Crippen LogP contribution in [-0.2, 0) is 4.84 Å². The van der Waals surface area contributed by atoms with Crippen LogP contribution in [0, 0.1) is 0 Å². The molecule has 8 heavy (non-hydrogen) atoms. The van der Waals surface area contributed by atoms with Crippen LogP contribution in [-0.4, -0.2) is 0 Å². The molecule has 0 atom stereocenters. The summed E-state index contributed by atoms with van der Waals surface area (Å²) in [6.07, 6.45) is 8.16. The lowest BCUT2D eigenvalue weighted by Crippen LogP contribution is -1.86. The van der Waals surface area contributed by atoms with Gasteiger partial charge in [0.2, 0.25) is 0 Å². The highest BCUT2D eigenvalue weighted by molar-refractivity contribution is 4.87. The van der Waals surface area contributed by atoms with E-state index in [1.54, 1.807) is 0 Å². The molecule has 0 saturated carbocycles. The molecule has 0 aliphatic heterocycles. The monoisotopic (exact) mass is 113 g/mol. The Labute approximate surface area is 49.6 Å². The molecular weight excluding hydrogens is 102 g/mol. The molecule has 0 aromatic rings. The Kier molecular flexibility index (Phi) is 5.65. The largest absolute Gasteiger partial charge is 0.420 e. The summed E-state index contributed by atoms with van der Waals surface area (Å²) in [5.74, 6) is 4.70. The van der Waals surface area contributed by atoms with Crippen molar-refractivity contribution in [2.75, 3.05) is 0 Å². The molecule has 0 aliphatic rings. The smallest absolute Gasteiger partial charge is 0.107 e. The van der Waals surface area contributed by atoms with Gasteiger partial charge in [0, 0.05) is 0 Å². The van der Waals surface area contributed by atoms with E-state index in [0.717, 1.165) is 6.42 Å². The number of rotatable bonds is 3. The summed E-state index contributed by atoms with van der Waals surface area (Å²) in [5.41, 5.74) is 0. The Morgan fingerprint density at radius 2 is 2.25 bits per heavy atom. The minimum absolute atomic E-state index is 0.883. The van der Waals surface area contributed by atoms with Crippen molar-refractivity contribution >= 4 is 0 Å². The molecule has 0 aromatic carbocycles. The standard InChI is InChI=1S/C6H11NO/c1-2-3-4-5-6-8-7/h2-3,5-6H,4,7H2,1H3. The zero-order chi connectivity index (χ0) is 6.24. The Balaban J connectivity index is 3.03. The van der Waals surface area contributed by atoms with Gasteiger partial charge in [0.05, 0.1) is 0 Å². The number of hydrogen-bond donors (Lipinski definition) is 1. The SMILES string of the molecule is CC=CCC=CON. The van der Waals surface area contributed by atoms with Gasteiger partial charge >= 0.3 is 0 Å². The van der Waals surface area contributed by atoms with Gasteiger partial charge in [-0.25, -0.2) is 0 Å². The van der Waals surface area contributed by atoms with E-state index in [0.29, 0.717) is 0 Å². The maximum absolute atomic E-state index is 4.70. The van der Waals surface area contributed by atoms with Gasteiger partial charge in [0.25, 0.3) is 0 Å². The van der Waals surface area contributed by atoms with E-state index < -0.39 is 0 Å². The second kappa shape index (κ2) is 6.24. The quantitative estimate of drug-likeness (QED) is 0.340. The molecule has 0 heterocycles. The molecule has 0 saturated heterocycles. The van der Waals surface area contributed by atoms with Crippen LogP contribution in [0.1, 0.15) is 13.3 Å². The van der Waals surface area contributed by atoms with Crippen molar-refractivity contribution in [2.45, 2.75) is 13.3 Å². The first kappa shape index (κ1) is 7.24. The van der Waals surface area contributed by atoms with Crippen molar-refractivity contribution in [1.29, 1.82) is 0 Å². The molecule has 0 amide bonds. The van der Waals surface area contributed by atoms with Gasteiger partial charge in [-0.3, -0.25) is 0 Å². The van der Waals surface area contributed by atoms with Crippen LogP contribution < -0.4 is 5.90 Å². The molecule has 0 spiro atoms. The number of allylic oxidation sites excluding steroid dienone is 3. The average Bonchev–Trinajstić information content (AvgIpc) is 1.81. The van der Waals surface area contributed by atoms with E-state index in [9.17, 15) is 0 Å². The molecule has 2 N–H and O–H groups in total. The van der Waals surface area contributed by atoms with Crippen molar-refractivity contribution < 1.29 is 4.84 Å². The summed E-state index contributed by atoms with van der Waals surface area (Å²) in [5, 5.41) is 0. The zero-order valence-corrected chi connectivity index (χ0v) is 5.00. The maximum Gasteiger partial charge on any atom is 0.107 e. The lowest BCUT2D eigenvalue weighted by molar-refractivity contribution is 0.260. The molecule has 0 unspecified atom stereocenters. The predicted molar refractivity (Wildman–Crippen MR) is 33.8 cm³/mol. The molecule has 0 fully saturated rings.